The number of anilines is 1. The Morgan fingerprint density at radius 2 is 2.20 bits per heavy atom. The first kappa shape index (κ1) is 15.7. The number of imidazole rings is 1. The molecule has 1 N–H and O–H groups in total. The molecular weight excluding hydrogens is 340 g/mol. The lowest BCUT2D eigenvalue weighted by Gasteiger charge is -2.14. The van der Waals surface area contributed by atoms with E-state index in [0.29, 0.717) is 28.7 Å². The van der Waals surface area contributed by atoms with Gasteiger partial charge in [-0.25, -0.2) is 9.97 Å². The Hall–Kier alpha value is -2.86. The van der Waals surface area contributed by atoms with Crippen molar-refractivity contribution in [3.8, 4) is 11.6 Å². The Balaban J connectivity index is 1.56. The lowest BCUT2D eigenvalue weighted by molar-refractivity contribution is -0.122. The highest BCUT2D eigenvalue weighted by Gasteiger charge is 2.29. The Morgan fingerprint density at radius 3 is 3.00 bits per heavy atom. The molecule has 1 aromatic carbocycles. The first-order chi connectivity index (χ1) is 12.1. The third kappa shape index (κ3) is 2.96. The Labute approximate surface area is 149 Å². The third-order valence-corrected chi connectivity index (χ3v) is 4.32. The predicted octanol–water partition coefficient (Wildman–Crippen LogP) is 3.17. The van der Waals surface area contributed by atoms with E-state index < -0.39 is 6.10 Å². The first-order valence-corrected chi connectivity index (χ1v) is 8.21. The van der Waals surface area contributed by atoms with E-state index in [0.717, 1.165) is 11.4 Å². The van der Waals surface area contributed by atoms with E-state index in [2.05, 4.69) is 15.3 Å². The second kappa shape index (κ2) is 6.22. The molecule has 1 amide bonds. The fraction of sp³-hybridized carbons (Fsp3) is 0.167. The van der Waals surface area contributed by atoms with Gasteiger partial charge < -0.3 is 10.1 Å². The van der Waals surface area contributed by atoms with Crippen LogP contribution in [0.4, 0.5) is 5.69 Å². The van der Waals surface area contributed by atoms with Gasteiger partial charge in [0.1, 0.15) is 11.6 Å². The van der Waals surface area contributed by atoms with E-state index in [9.17, 15) is 4.79 Å². The van der Waals surface area contributed by atoms with Crippen LogP contribution in [0, 0.1) is 6.92 Å². The maximum atomic E-state index is 12.7. The van der Waals surface area contributed by atoms with E-state index in [-0.39, 0.29) is 5.91 Å². The second-order valence-corrected chi connectivity index (χ2v) is 6.21. The minimum atomic E-state index is -0.592. The van der Waals surface area contributed by atoms with Gasteiger partial charge in [0.25, 0.3) is 5.91 Å². The van der Waals surface area contributed by atoms with Crippen LogP contribution >= 0.6 is 11.6 Å². The van der Waals surface area contributed by atoms with Crippen LogP contribution in [0.15, 0.2) is 48.9 Å². The van der Waals surface area contributed by atoms with Crippen LogP contribution in [0.2, 0.25) is 5.02 Å². The van der Waals surface area contributed by atoms with Gasteiger partial charge in [0, 0.05) is 30.0 Å². The molecule has 0 saturated carbocycles. The van der Waals surface area contributed by atoms with Crippen molar-refractivity contribution in [1.82, 2.24) is 14.5 Å². The Morgan fingerprint density at radius 1 is 1.32 bits per heavy atom. The van der Waals surface area contributed by atoms with E-state index in [1.54, 1.807) is 42.9 Å². The molecule has 0 aliphatic carbocycles. The zero-order chi connectivity index (χ0) is 17.4. The number of aryl methyl sites for hydroxylation is 1. The van der Waals surface area contributed by atoms with Crippen molar-refractivity contribution in [2.75, 3.05) is 5.32 Å². The van der Waals surface area contributed by atoms with Crippen LogP contribution in [0.1, 0.15) is 11.4 Å². The number of ether oxygens (including phenoxy) is 1. The number of fused-ring (bicyclic) bond motifs is 1. The van der Waals surface area contributed by atoms with Crippen LogP contribution in [0.25, 0.3) is 5.82 Å². The summed E-state index contributed by atoms with van der Waals surface area (Å²) in [5.41, 5.74) is 1.54. The monoisotopic (exact) mass is 354 g/mol. The van der Waals surface area contributed by atoms with Crippen molar-refractivity contribution >= 4 is 23.2 Å². The van der Waals surface area contributed by atoms with Gasteiger partial charge >= 0.3 is 0 Å². The number of carbonyl (C=O) groups is 1. The van der Waals surface area contributed by atoms with Crippen molar-refractivity contribution < 1.29 is 9.53 Å². The van der Waals surface area contributed by atoms with Gasteiger partial charge in [0.2, 0.25) is 0 Å². The number of nitrogens with zero attached hydrogens (tertiary/aromatic N) is 3. The van der Waals surface area contributed by atoms with Crippen molar-refractivity contribution in [1.29, 1.82) is 0 Å². The molecule has 1 aliphatic heterocycles. The molecule has 1 atom stereocenters. The average Bonchev–Trinajstić information content (AvgIpc) is 3.21. The summed E-state index contributed by atoms with van der Waals surface area (Å²) < 4.78 is 7.56. The van der Waals surface area contributed by atoms with E-state index in [4.69, 9.17) is 16.3 Å². The summed E-state index contributed by atoms with van der Waals surface area (Å²) in [7, 11) is 0. The quantitative estimate of drug-likeness (QED) is 0.784. The molecule has 4 rings (SSSR count). The summed E-state index contributed by atoms with van der Waals surface area (Å²) in [5, 5.41) is 3.54. The summed E-state index contributed by atoms with van der Waals surface area (Å²) in [6, 6.07) is 8.94. The Bertz CT molecular complexity index is 954. The molecule has 126 valence electrons. The molecule has 0 radical (unpaired) electrons. The molecule has 3 aromatic rings. The van der Waals surface area contributed by atoms with E-state index >= 15 is 0 Å². The summed E-state index contributed by atoms with van der Waals surface area (Å²) >= 11 is 6.00. The molecule has 3 heterocycles. The van der Waals surface area contributed by atoms with Crippen molar-refractivity contribution in [3.05, 3.63) is 65.3 Å². The number of hydrogen-bond acceptors (Lipinski definition) is 4. The molecule has 0 saturated heterocycles. The molecule has 6 nitrogen and oxygen atoms in total. The minimum absolute atomic E-state index is 0.223. The third-order valence-electron chi connectivity index (χ3n) is 4.09. The SMILES string of the molecule is Cc1nccn1-c1ncccc1NC(=O)C1Cc2cc(Cl)ccc2O1. The minimum Gasteiger partial charge on any atom is -0.480 e. The van der Waals surface area contributed by atoms with Crippen LogP contribution in [0.3, 0.4) is 0 Å². The van der Waals surface area contributed by atoms with Gasteiger partial charge in [0.15, 0.2) is 11.9 Å². The highest BCUT2D eigenvalue weighted by atomic mass is 35.5. The number of rotatable bonds is 3. The smallest absolute Gasteiger partial charge is 0.265 e. The number of pyridine rings is 1. The molecule has 0 spiro atoms. The maximum Gasteiger partial charge on any atom is 0.265 e. The van der Waals surface area contributed by atoms with Crippen molar-refractivity contribution in [3.63, 3.8) is 0 Å². The number of amides is 1. The van der Waals surface area contributed by atoms with Crippen LogP contribution < -0.4 is 10.1 Å². The van der Waals surface area contributed by atoms with E-state index in [1.807, 2.05) is 17.6 Å². The first-order valence-electron chi connectivity index (χ1n) is 7.83. The second-order valence-electron chi connectivity index (χ2n) is 5.77. The lowest BCUT2D eigenvalue weighted by atomic mass is 10.1. The number of carbonyl (C=O) groups excluding carboxylic acids is 1. The highest BCUT2D eigenvalue weighted by Crippen LogP contribution is 2.31. The molecule has 25 heavy (non-hydrogen) atoms. The number of hydrogen-bond donors (Lipinski definition) is 1. The highest BCUT2D eigenvalue weighted by molar-refractivity contribution is 6.30. The van der Waals surface area contributed by atoms with Crippen LogP contribution in [0.5, 0.6) is 5.75 Å². The standard InChI is InChI=1S/C18H15ClN4O2/c1-11-20-7-8-23(11)17-14(3-2-6-21-17)22-18(24)16-10-12-9-13(19)4-5-15(12)25-16/h2-9,16H,10H2,1H3,(H,22,24). The van der Waals surface area contributed by atoms with Crippen molar-refractivity contribution in [2.45, 2.75) is 19.4 Å². The number of aromatic nitrogens is 3. The fourth-order valence-corrected chi connectivity index (χ4v) is 3.06. The molecule has 0 fully saturated rings. The lowest BCUT2D eigenvalue weighted by Crippen LogP contribution is -2.31. The topological polar surface area (TPSA) is 69.0 Å². The maximum absolute atomic E-state index is 12.7. The summed E-state index contributed by atoms with van der Waals surface area (Å²) in [4.78, 5) is 21.2. The average molecular weight is 355 g/mol. The van der Waals surface area contributed by atoms with Gasteiger partial charge in [-0.15, -0.1) is 0 Å². The summed E-state index contributed by atoms with van der Waals surface area (Å²) in [6.45, 7) is 1.88. The molecule has 1 unspecified atom stereocenters. The molecule has 7 heteroatoms. The summed E-state index contributed by atoms with van der Waals surface area (Å²) in [6.07, 6.45) is 5.06. The van der Waals surface area contributed by atoms with Crippen molar-refractivity contribution in [2.24, 2.45) is 0 Å². The molecule has 1 aliphatic rings. The van der Waals surface area contributed by atoms with E-state index in [1.165, 1.54) is 0 Å². The van der Waals surface area contributed by atoms with Crippen LogP contribution in [-0.2, 0) is 11.2 Å². The van der Waals surface area contributed by atoms with Gasteiger partial charge in [-0.3, -0.25) is 9.36 Å². The predicted molar refractivity (Wildman–Crippen MR) is 94.3 cm³/mol. The molecule has 0 bridgehead atoms. The summed E-state index contributed by atoms with van der Waals surface area (Å²) in [5.74, 6) is 1.87. The number of benzene rings is 1. The Kier molecular flexibility index (Phi) is 3.89. The van der Waals surface area contributed by atoms with Gasteiger partial charge in [-0.05, 0) is 42.8 Å². The van der Waals surface area contributed by atoms with Crippen LogP contribution in [-0.4, -0.2) is 26.5 Å². The fourth-order valence-electron chi connectivity index (χ4n) is 2.86. The van der Waals surface area contributed by atoms with Gasteiger partial charge in [0.05, 0.1) is 5.69 Å². The zero-order valence-corrected chi connectivity index (χ0v) is 14.2. The number of nitrogens with one attached hydrogen (secondary N) is 1. The number of halogens is 1. The molecular formula is C18H15ClN4O2. The zero-order valence-electron chi connectivity index (χ0n) is 13.4. The molecule has 2 aromatic heterocycles. The van der Waals surface area contributed by atoms with Gasteiger partial charge in [-0.2, -0.15) is 0 Å². The van der Waals surface area contributed by atoms with Gasteiger partial charge in [-0.1, -0.05) is 11.6 Å². The largest absolute Gasteiger partial charge is 0.480 e. The normalized spacial score (nSPS) is 15.5.